The number of rotatable bonds is 3. The monoisotopic (exact) mass is 240 g/mol. The van der Waals surface area contributed by atoms with Crippen molar-refractivity contribution in [2.75, 3.05) is 5.32 Å². The SMILES string of the molecule is CCc1ccc(C(=O)Nc2ccc(C)cn2)cc1. The molecular formula is C15H16N2O. The number of aryl methyl sites for hydroxylation is 2. The summed E-state index contributed by atoms with van der Waals surface area (Å²) in [5, 5.41) is 2.77. The molecule has 1 N–H and O–H groups in total. The van der Waals surface area contributed by atoms with Gasteiger partial charge in [0.05, 0.1) is 0 Å². The maximum absolute atomic E-state index is 11.9. The summed E-state index contributed by atoms with van der Waals surface area (Å²) in [6.07, 6.45) is 2.71. The van der Waals surface area contributed by atoms with Gasteiger partial charge >= 0.3 is 0 Å². The first-order valence-corrected chi connectivity index (χ1v) is 6.02. The second-order valence-electron chi connectivity index (χ2n) is 4.23. The van der Waals surface area contributed by atoms with Crippen LogP contribution in [0.1, 0.15) is 28.4 Å². The summed E-state index contributed by atoms with van der Waals surface area (Å²) >= 11 is 0. The number of hydrogen-bond donors (Lipinski definition) is 1. The molecule has 0 aliphatic heterocycles. The van der Waals surface area contributed by atoms with Crippen LogP contribution in [0.15, 0.2) is 42.6 Å². The third kappa shape index (κ3) is 2.94. The van der Waals surface area contributed by atoms with Crippen LogP contribution in [0.2, 0.25) is 0 Å². The molecule has 3 nitrogen and oxygen atoms in total. The van der Waals surface area contributed by atoms with Gasteiger partial charge in [-0.3, -0.25) is 4.79 Å². The zero-order chi connectivity index (χ0) is 13.0. The highest BCUT2D eigenvalue weighted by Crippen LogP contribution is 2.09. The molecule has 0 bridgehead atoms. The van der Waals surface area contributed by atoms with Gasteiger partial charge in [-0.25, -0.2) is 4.98 Å². The molecule has 2 rings (SSSR count). The fourth-order valence-corrected chi connectivity index (χ4v) is 1.62. The van der Waals surface area contributed by atoms with Crippen LogP contribution < -0.4 is 5.32 Å². The van der Waals surface area contributed by atoms with Gasteiger partial charge in [0, 0.05) is 11.8 Å². The highest BCUT2D eigenvalue weighted by molar-refractivity contribution is 6.03. The van der Waals surface area contributed by atoms with Gasteiger partial charge in [0.1, 0.15) is 5.82 Å². The normalized spacial score (nSPS) is 10.1. The van der Waals surface area contributed by atoms with Crippen molar-refractivity contribution < 1.29 is 4.79 Å². The van der Waals surface area contributed by atoms with Crippen LogP contribution in [-0.4, -0.2) is 10.9 Å². The Bertz CT molecular complexity index is 529. The lowest BCUT2D eigenvalue weighted by atomic mass is 10.1. The molecule has 18 heavy (non-hydrogen) atoms. The number of benzene rings is 1. The van der Waals surface area contributed by atoms with Gasteiger partial charge in [-0.15, -0.1) is 0 Å². The van der Waals surface area contributed by atoms with Crippen molar-refractivity contribution in [1.29, 1.82) is 0 Å². The van der Waals surface area contributed by atoms with Crippen molar-refractivity contribution >= 4 is 11.7 Å². The summed E-state index contributed by atoms with van der Waals surface area (Å²) in [4.78, 5) is 16.1. The number of pyridine rings is 1. The molecule has 0 aliphatic carbocycles. The predicted octanol–water partition coefficient (Wildman–Crippen LogP) is 3.20. The molecule has 1 amide bonds. The summed E-state index contributed by atoms with van der Waals surface area (Å²) in [7, 11) is 0. The average molecular weight is 240 g/mol. The predicted molar refractivity (Wildman–Crippen MR) is 72.7 cm³/mol. The van der Waals surface area contributed by atoms with E-state index in [1.165, 1.54) is 5.56 Å². The van der Waals surface area contributed by atoms with E-state index in [2.05, 4.69) is 17.2 Å². The van der Waals surface area contributed by atoms with E-state index in [4.69, 9.17) is 0 Å². The van der Waals surface area contributed by atoms with Gasteiger partial charge in [0.15, 0.2) is 0 Å². The number of anilines is 1. The third-order valence-electron chi connectivity index (χ3n) is 2.78. The van der Waals surface area contributed by atoms with Crippen molar-refractivity contribution in [1.82, 2.24) is 4.98 Å². The highest BCUT2D eigenvalue weighted by Gasteiger charge is 2.06. The quantitative estimate of drug-likeness (QED) is 0.895. The van der Waals surface area contributed by atoms with Crippen LogP contribution >= 0.6 is 0 Å². The Hall–Kier alpha value is -2.16. The van der Waals surface area contributed by atoms with Gasteiger partial charge in [-0.1, -0.05) is 25.1 Å². The van der Waals surface area contributed by atoms with Crippen molar-refractivity contribution in [3.05, 3.63) is 59.3 Å². The summed E-state index contributed by atoms with van der Waals surface area (Å²) in [6, 6.07) is 11.3. The molecule has 2 aromatic rings. The van der Waals surface area contributed by atoms with E-state index < -0.39 is 0 Å². The molecule has 0 spiro atoms. The van der Waals surface area contributed by atoms with Gasteiger partial charge < -0.3 is 5.32 Å². The molecule has 0 atom stereocenters. The van der Waals surface area contributed by atoms with Crippen LogP contribution in [0.3, 0.4) is 0 Å². The van der Waals surface area contributed by atoms with Gasteiger partial charge in [0.25, 0.3) is 5.91 Å². The van der Waals surface area contributed by atoms with E-state index in [9.17, 15) is 4.79 Å². The maximum atomic E-state index is 11.9. The van der Waals surface area contributed by atoms with E-state index in [1.807, 2.05) is 37.3 Å². The lowest BCUT2D eigenvalue weighted by Crippen LogP contribution is -2.12. The molecule has 0 saturated carbocycles. The first-order valence-electron chi connectivity index (χ1n) is 6.02. The molecule has 1 aromatic heterocycles. The molecule has 1 aromatic carbocycles. The van der Waals surface area contributed by atoms with Crippen LogP contribution in [-0.2, 0) is 6.42 Å². The van der Waals surface area contributed by atoms with Gasteiger partial charge in [-0.05, 0) is 42.7 Å². The number of nitrogens with zero attached hydrogens (tertiary/aromatic N) is 1. The zero-order valence-electron chi connectivity index (χ0n) is 10.6. The highest BCUT2D eigenvalue weighted by atomic mass is 16.1. The topological polar surface area (TPSA) is 42.0 Å². The average Bonchev–Trinajstić information content (AvgIpc) is 2.41. The Morgan fingerprint density at radius 1 is 1.17 bits per heavy atom. The number of carbonyl (C=O) groups is 1. The lowest BCUT2D eigenvalue weighted by Gasteiger charge is -2.05. The van der Waals surface area contributed by atoms with Crippen molar-refractivity contribution in [2.24, 2.45) is 0 Å². The Kier molecular flexibility index (Phi) is 3.72. The Labute approximate surface area is 107 Å². The summed E-state index contributed by atoms with van der Waals surface area (Å²) < 4.78 is 0. The Balaban J connectivity index is 2.09. The second kappa shape index (κ2) is 5.45. The smallest absolute Gasteiger partial charge is 0.256 e. The molecule has 0 fully saturated rings. The van der Waals surface area contributed by atoms with E-state index in [0.717, 1.165) is 12.0 Å². The number of hydrogen-bond acceptors (Lipinski definition) is 2. The molecule has 0 saturated heterocycles. The molecule has 3 heteroatoms. The molecule has 1 heterocycles. The van der Waals surface area contributed by atoms with Crippen LogP contribution in [0.4, 0.5) is 5.82 Å². The summed E-state index contributed by atoms with van der Waals surface area (Å²) in [5.41, 5.74) is 2.94. The van der Waals surface area contributed by atoms with E-state index >= 15 is 0 Å². The fraction of sp³-hybridized carbons (Fsp3) is 0.200. The number of amides is 1. The second-order valence-corrected chi connectivity index (χ2v) is 4.23. The van der Waals surface area contributed by atoms with Crippen LogP contribution in [0.25, 0.3) is 0 Å². The maximum Gasteiger partial charge on any atom is 0.256 e. The first kappa shape index (κ1) is 12.3. The zero-order valence-corrected chi connectivity index (χ0v) is 10.6. The van der Waals surface area contributed by atoms with E-state index in [0.29, 0.717) is 11.4 Å². The lowest BCUT2D eigenvalue weighted by molar-refractivity contribution is 0.102. The Morgan fingerprint density at radius 3 is 2.44 bits per heavy atom. The minimum atomic E-state index is -0.131. The minimum absolute atomic E-state index is 0.131. The van der Waals surface area contributed by atoms with Crippen molar-refractivity contribution in [3.63, 3.8) is 0 Å². The molecular weight excluding hydrogens is 224 g/mol. The van der Waals surface area contributed by atoms with E-state index in [-0.39, 0.29) is 5.91 Å². The number of nitrogens with one attached hydrogen (secondary N) is 1. The van der Waals surface area contributed by atoms with Crippen LogP contribution in [0, 0.1) is 6.92 Å². The van der Waals surface area contributed by atoms with Gasteiger partial charge in [-0.2, -0.15) is 0 Å². The summed E-state index contributed by atoms with van der Waals surface area (Å²) in [6.45, 7) is 4.05. The fourth-order valence-electron chi connectivity index (χ4n) is 1.62. The third-order valence-corrected chi connectivity index (χ3v) is 2.78. The van der Waals surface area contributed by atoms with Crippen molar-refractivity contribution in [2.45, 2.75) is 20.3 Å². The minimum Gasteiger partial charge on any atom is -0.307 e. The number of carbonyl (C=O) groups excluding carboxylic acids is 1. The van der Waals surface area contributed by atoms with Crippen molar-refractivity contribution in [3.8, 4) is 0 Å². The standard InChI is InChI=1S/C15H16N2O/c1-3-12-5-7-13(8-6-12)15(18)17-14-9-4-11(2)10-16-14/h4-10H,3H2,1-2H3,(H,16,17,18). The largest absolute Gasteiger partial charge is 0.307 e. The number of aromatic nitrogens is 1. The molecule has 0 aliphatic rings. The van der Waals surface area contributed by atoms with Crippen LogP contribution in [0.5, 0.6) is 0 Å². The molecule has 92 valence electrons. The molecule has 0 unspecified atom stereocenters. The van der Waals surface area contributed by atoms with E-state index in [1.54, 1.807) is 12.3 Å². The first-order chi connectivity index (χ1) is 8.69. The molecule has 0 radical (unpaired) electrons. The Morgan fingerprint density at radius 2 is 1.89 bits per heavy atom. The van der Waals surface area contributed by atoms with Gasteiger partial charge in [0.2, 0.25) is 0 Å². The summed E-state index contributed by atoms with van der Waals surface area (Å²) in [5.74, 6) is 0.444.